The number of carboxylic acid groups (broad SMARTS) is 1. The maximum atomic E-state index is 13.8. The smallest absolute Gasteiger partial charge is 0.325 e. The summed E-state index contributed by atoms with van der Waals surface area (Å²) in [6.45, 7) is 2.11. The Labute approximate surface area is 206 Å². The van der Waals surface area contributed by atoms with Crippen molar-refractivity contribution in [1.29, 1.82) is 0 Å². The normalized spacial score (nSPS) is 25.2. The molecule has 3 aromatic rings. The summed E-state index contributed by atoms with van der Waals surface area (Å²) in [7, 11) is 0. The first-order valence-electron chi connectivity index (χ1n) is 11.7. The van der Waals surface area contributed by atoms with Crippen molar-refractivity contribution < 1.29 is 29.3 Å². The zero-order valence-electron chi connectivity index (χ0n) is 19.5. The van der Waals surface area contributed by atoms with Gasteiger partial charge in [-0.2, -0.15) is 0 Å². The predicted octanol–water partition coefficient (Wildman–Crippen LogP) is 2.03. The highest BCUT2D eigenvalue weighted by atomic mass is 16.5. The molecule has 5 rings (SSSR count). The first-order chi connectivity index (χ1) is 17.4. The van der Waals surface area contributed by atoms with Crippen LogP contribution in [0.25, 0.3) is 0 Å². The molecule has 2 amide bonds. The summed E-state index contributed by atoms with van der Waals surface area (Å²) in [5.41, 5.74) is -0.266. The van der Waals surface area contributed by atoms with E-state index in [0.717, 1.165) is 10.5 Å². The van der Waals surface area contributed by atoms with Gasteiger partial charge in [-0.25, -0.2) is 4.98 Å². The minimum absolute atomic E-state index is 0.0307. The summed E-state index contributed by atoms with van der Waals surface area (Å²) in [6, 6.07) is 13.0. The number of benzene rings is 2. The fourth-order valence-electron chi connectivity index (χ4n) is 5.43. The number of amides is 2. The van der Waals surface area contributed by atoms with Crippen LogP contribution in [0.3, 0.4) is 0 Å². The molecule has 3 heterocycles. The molecule has 0 aliphatic carbocycles. The summed E-state index contributed by atoms with van der Waals surface area (Å²) in [4.78, 5) is 48.4. The number of likely N-dealkylation sites (tertiary alicyclic amines) is 1. The number of nitrogens with zero attached hydrogens (tertiary/aromatic N) is 2. The van der Waals surface area contributed by atoms with Gasteiger partial charge in [-0.3, -0.25) is 24.6 Å². The van der Waals surface area contributed by atoms with Crippen molar-refractivity contribution in [1.82, 2.24) is 20.2 Å². The lowest BCUT2D eigenvalue weighted by atomic mass is 9.77. The number of imide groups is 1. The van der Waals surface area contributed by atoms with Crippen LogP contribution in [-0.2, 0) is 27.3 Å². The zero-order chi connectivity index (χ0) is 25.4. The third kappa shape index (κ3) is 3.70. The Kier molecular flexibility index (Phi) is 5.97. The van der Waals surface area contributed by atoms with Gasteiger partial charge in [0.15, 0.2) is 11.5 Å². The number of hydrogen-bond donors (Lipinski definition) is 4. The van der Waals surface area contributed by atoms with Crippen LogP contribution in [0.2, 0.25) is 0 Å². The number of H-pyrrole nitrogens is 1. The Bertz CT molecular complexity index is 1300. The molecule has 0 bridgehead atoms. The fourth-order valence-corrected chi connectivity index (χ4v) is 5.43. The molecule has 36 heavy (non-hydrogen) atoms. The molecule has 10 heteroatoms. The average Bonchev–Trinajstić information content (AvgIpc) is 3.56. The molecule has 1 aromatic heterocycles. The largest absolute Gasteiger partial charge is 0.504 e. The maximum absolute atomic E-state index is 13.8. The van der Waals surface area contributed by atoms with Crippen LogP contribution in [0.5, 0.6) is 11.5 Å². The van der Waals surface area contributed by atoms with E-state index in [1.54, 1.807) is 37.3 Å². The molecule has 0 saturated carbocycles. The van der Waals surface area contributed by atoms with Crippen molar-refractivity contribution in [3.05, 3.63) is 77.9 Å². The number of rotatable bonds is 8. The van der Waals surface area contributed by atoms with Crippen LogP contribution >= 0.6 is 0 Å². The van der Waals surface area contributed by atoms with Gasteiger partial charge >= 0.3 is 5.97 Å². The molecule has 186 valence electrons. The number of phenolic OH excluding ortho intramolecular Hbond substituents is 1. The fraction of sp³-hybridized carbons (Fsp3) is 0.308. The minimum atomic E-state index is -1.81. The van der Waals surface area contributed by atoms with E-state index in [4.69, 9.17) is 4.74 Å². The van der Waals surface area contributed by atoms with Crippen molar-refractivity contribution in [2.75, 3.05) is 6.61 Å². The molecule has 0 radical (unpaired) electrons. The van der Waals surface area contributed by atoms with Crippen LogP contribution in [0.15, 0.2) is 61.1 Å². The summed E-state index contributed by atoms with van der Waals surface area (Å²) in [5.74, 6) is -4.53. The number of carboxylic acids is 1. The van der Waals surface area contributed by atoms with Crippen LogP contribution in [0.1, 0.15) is 29.8 Å². The van der Waals surface area contributed by atoms with Gasteiger partial charge in [0.05, 0.1) is 31.3 Å². The number of aromatic nitrogens is 2. The summed E-state index contributed by atoms with van der Waals surface area (Å²) in [5, 5.41) is 24.6. The van der Waals surface area contributed by atoms with Gasteiger partial charge in [0.1, 0.15) is 5.54 Å². The molecular formula is C26H26N4O6. The lowest BCUT2D eigenvalue weighted by Gasteiger charge is -2.31. The number of aromatic hydroxyl groups is 1. The lowest BCUT2D eigenvalue weighted by molar-refractivity contribution is -0.151. The van der Waals surface area contributed by atoms with Gasteiger partial charge in [-0.1, -0.05) is 42.5 Å². The maximum Gasteiger partial charge on any atom is 0.325 e. The van der Waals surface area contributed by atoms with Gasteiger partial charge in [0.25, 0.3) is 0 Å². The number of fused-ring (bicyclic) bond motifs is 1. The van der Waals surface area contributed by atoms with E-state index in [1.165, 1.54) is 12.5 Å². The van der Waals surface area contributed by atoms with Gasteiger partial charge in [0, 0.05) is 29.9 Å². The van der Waals surface area contributed by atoms with Crippen LogP contribution < -0.4 is 10.1 Å². The SMILES string of the molecule is CCOc1cccc([C@@H]2N[C@](Cc3cnc[nH]3)(C(=O)O)[C@@H]3C(=O)N(Cc4ccccc4)C(=O)[C@@H]32)c1O. The average molecular weight is 491 g/mol. The standard InChI is InChI=1S/C26H26N4O6/c1-2-36-18-10-6-9-17(22(18)31)21-19-20(26(29-21,25(34)35)11-16-12-27-14-28-16)24(33)30(23(19)32)13-15-7-4-3-5-8-15/h3-10,12,14,19-21,29,31H,2,11,13H2,1H3,(H,27,28)(H,34,35)/t19-,20-,21-,26-/m0/s1. The van der Waals surface area contributed by atoms with Gasteiger partial charge < -0.3 is 19.9 Å². The van der Waals surface area contributed by atoms with E-state index in [1.807, 2.05) is 18.2 Å². The topological polar surface area (TPSA) is 145 Å². The van der Waals surface area contributed by atoms with E-state index >= 15 is 0 Å². The zero-order valence-corrected chi connectivity index (χ0v) is 19.5. The second-order valence-electron chi connectivity index (χ2n) is 9.03. The van der Waals surface area contributed by atoms with Crippen molar-refractivity contribution >= 4 is 17.8 Å². The Balaban J connectivity index is 1.62. The number of phenols is 1. The summed E-state index contributed by atoms with van der Waals surface area (Å²) < 4.78 is 5.51. The second-order valence-corrected chi connectivity index (χ2v) is 9.03. The van der Waals surface area contributed by atoms with Crippen molar-refractivity contribution in [2.45, 2.75) is 31.5 Å². The number of para-hydroxylation sites is 1. The van der Waals surface area contributed by atoms with Gasteiger partial charge in [0.2, 0.25) is 11.8 Å². The number of imidazole rings is 1. The second kappa shape index (κ2) is 9.12. The summed E-state index contributed by atoms with van der Waals surface area (Å²) in [6.07, 6.45) is 2.81. The van der Waals surface area contributed by atoms with Crippen LogP contribution in [0, 0.1) is 11.8 Å². The van der Waals surface area contributed by atoms with Crippen molar-refractivity contribution in [2.24, 2.45) is 11.8 Å². The Hall–Kier alpha value is -4.18. The highest BCUT2D eigenvalue weighted by Crippen LogP contribution is 2.52. The molecule has 10 nitrogen and oxygen atoms in total. The molecule has 2 aliphatic rings. The van der Waals surface area contributed by atoms with Crippen molar-refractivity contribution in [3.8, 4) is 11.5 Å². The number of ether oxygens (including phenoxy) is 1. The van der Waals surface area contributed by atoms with Crippen LogP contribution in [-0.4, -0.2) is 55.0 Å². The number of aliphatic carboxylic acids is 1. The van der Waals surface area contributed by atoms with Gasteiger partial charge in [-0.05, 0) is 18.6 Å². The Morgan fingerprint density at radius 1 is 1.14 bits per heavy atom. The third-order valence-corrected chi connectivity index (χ3v) is 7.00. The van der Waals surface area contributed by atoms with E-state index in [0.29, 0.717) is 17.9 Å². The first-order valence-corrected chi connectivity index (χ1v) is 11.7. The van der Waals surface area contributed by atoms with E-state index < -0.39 is 41.2 Å². The number of aromatic amines is 1. The minimum Gasteiger partial charge on any atom is -0.504 e. The molecule has 4 N–H and O–H groups in total. The highest BCUT2D eigenvalue weighted by molar-refractivity contribution is 6.09. The molecule has 2 saturated heterocycles. The molecule has 2 aliphatic heterocycles. The molecule has 2 fully saturated rings. The quantitative estimate of drug-likeness (QED) is 0.351. The molecule has 0 unspecified atom stereocenters. The van der Waals surface area contributed by atoms with Crippen molar-refractivity contribution in [3.63, 3.8) is 0 Å². The van der Waals surface area contributed by atoms with E-state index in [9.17, 15) is 24.6 Å². The van der Waals surface area contributed by atoms with E-state index in [-0.39, 0.29) is 24.5 Å². The monoisotopic (exact) mass is 490 g/mol. The van der Waals surface area contributed by atoms with E-state index in [2.05, 4.69) is 15.3 Å². The van der Waals surface area contributed by atoms with Gasteiger partial charge in [-0.15, -0.1) is 0 Å². The molecular weight excluding hydrogens is 464 g/mol. The lowest BCUT2D eigenvalue weighted by Crippen LogP contribution is -2.57. The molecule has 2 aromatic carbocycles. The Morgan fingerprint density at radius 2 is 1.92 bits per heavy atom. The Morgan fingerprint density at radius 3 is 2.58 bits per heavy atom. The molecule has 0 spiro atoms. The summed E-state index contributed by atoms with van der Waals surface area (Å²) >= 11 is 0. The highest BCUT2D eigenvalue weighted by Gasteiger charge is 2.68. The predicted molar refractivity (Wildman–Crippen MR) is 127 cm³/mol. The number of nitrogens with one attached hydrogen (secondary N) is 2. The number of carbonyl (C=O) groups is 3. The molecule has 4 atom stereocenters. The first kappa shape index (κ1) is 23.6. The third-order valence-electron chi connectivity index (χ3n) is 7.00. The number of hydrogen-bond acceptors (Lipinski definition) is 7. The van der Waals surface area contributed by atoms with Crippen LogP contribution in [0.4, 0.5) is 0 Å². The number of carbonyl (C=O) groups excluding carboxylic acids is 2.